The van der Waals surface area contributed by atoms with E-state index in [1.807, 2.05) is 6.92 Å². The first-order valence-electron chi connectivity index (χ1n) is 10.6. The number of benzene rings is 1. The Labute approximate surface area is 194 Å². The van der Waals surface area contributed by atoms with Crippen LogP contribution >= 0.6 is 0 Å². The third-order valence-corrected chi connectivity index (χ3v) is 5.57. The molecule has 1 aromatic carbocycles. The van der Waals surface area contributed by atoms with Gasteiger partial charge in [0.25, 0.3) is 10.1 Å². The molecule has 0 saturated heterocycles. The predicted molar refractivity (Wildman–Crippen MR) is 120 cm³/mol. The number of hydrogen-bond donors (Lipinski definition) is 1. The summed E-state index contributed by atoms with van der Waals surface area (Å²) in [6.07, 6.45) is -0.234. The Morgan fingerprint density at radius 2 is 1.82 bits per heavy atom. The summed E-state index contributed by atoms with van der Waals surface area (Å²) in [5, 5.41) is 6.85. The van der Waals surface area contributed by atoms with Gasteiger partial charge in [-0.3, -0.25) is 8.86 Å². The molecule has 10 nitrogen and oxygen atoms in total. The molecule has 0 radical (unpaired) electrons. The molecule has 0 aliphatic carbocycles. The van der Waals surface area contributed by atoms with Gasteiger partial charge in [0.1, 0.15) is 5.60 Å². The van der Waals surface area contributed by atoms with Crippen molar-refractivity contribution in [1.29, 1.82) is 0 Å². The molecular weight excluding hydrogens is 450 g/mol. The van der Waals surface area contributed by atoms with Gasteiger partial charge in [-0.2, -0.15) is 13.5 Å². The lowest BCUT2D eigenvalue weighted by Gasteiger charge is -2.19. The Morgan fingerprint density at radius 1 is 1.15 bits per heavy atom. The number of rotatable bonds is 10. The summed E-state index contributed by atoms with van der Waals surface area (Å²) in [6.45, 7) is 9.14. The van der Waals surface area contributed by atoms with E-state index >= 15 is 0 Å². The zero-order chi connectivity index (χ0) is 24.6. The number of aromatic nitrogens is 2. The van der Waals surface area contributed by atoms with E-state index in [0.29, 0.717) is 12.1 Å². The van der Waals surface area contributed by atoms with Crippen LogP contribution in [0, 0.1) is 6.92 Å². The highest BCUT2D eigenvalue weighted by molar-refractivity contribution is 7.86. The van der Waals surface area contributed by atoms with Crippen molar-refractivity contribution in [3.05, 3.63) is 47.3 Å². The van der Waals surface area contributed by atoms with Crippen LogP contribution in [0.4, 0.5) is 4.79 Å². The zero-order valence-electron chi connectivity index (χ0n) is 19.6. The van der Waals surface area contributed by atoms with Crippen LogP contribution < -0.4 is 5.32 Å². The third-order valence-electron chi connectivity index (χ3n) is 4.25. The molecule has 0 unspecified atom stereocenters. The van der Waals surface area contributed by atoms with Crippen molar-refractivity contribution in [3.8, 4) is 0 Å². The highest BCUT2D eigenvalue weighted by atomic mass is 32.2. The Kier molecular flexibility index (Phi) is 9.00. The molecule has 0 aliphatic heterocycles. The first-order valence-corrected chi connectivity index (χ1v) is 12.0. The molecule has 1 heterocycles. The number of hydrogen-bond acceptors (Lipinski definition) is 8. The predicted octanol–water partition coefficient (Wildman–Crippen LogP) is 2.84. The minimum absolute atomic E-state index is 0.0579. The smallest absolute Gasteiger partial charge is 0.407 e. The van der Waals surface area contributed by atoms with Crippen LogP contribution in [0.1, 0.15) is 49.4 Å². The van der Waals surface area contributed by atoms with Gasteiger partial charge in [-0.25, -0.2) is 9.59 Å². The fourth-order valence-corrected chi connectivity index (χ4v) is 3.67. The van der Waals surface area contributed by atoms with Crippen molar-refractivity contribution in [2.75, 3.05) is 19.8 Å². The van der Waals surface area contributed by atoms with E-state index in [1.54, 1.807) is 45.9 Å². The van der Waals surface area contributed by atoms with Crippen LogP contribution in [0.3, 0.4) is 0 Å². The first-order chi connectivity index (χ1) is 15.4. The summed E-state index contributed by atoms with van der Waals surface area (Å²) >= 11 is 0. The molecule has 2 rings (SSSR count). The standard InChI is InChI=1S/C22H31N3O7S/c1-6-30-20(26)19-15-17(11-12-23-21(27)32-22(3,4)5)25(24-19)13-14-31-33(28,29)18-9-7-16(2)8-10-18/h7-10,15H,6,11-14H2,1-5H3,(H,23,27). The van der Waals surface area contributed by atoms with Crippen molar-refractivity contribution in [2.45, 2.75) is 58.1 Å². The Bertz CT molecular complexity index is 1050. The van der Waals surface area contributed by atoms with Crippen molar-refractivity contribution in [2.24, 2.45) is 0 Å². The van der Waals surface area contributed by atoms with Gasteiger partial charge in [-0.05, 0) is 52.8 Å². The summed E-state index contributed by atoms with van der Waals surface area (Å²) < 4.78 is 41.6. The van der Waals surface area contributed by atoms with Gasteiger partial charge in [0.2, 0.25) is 0 Å². The van der Waals surface area contributed by atoms with Gasteiger partial charge in [-0.15, -0.1) is 0 Å². The number of nitrogens with one attached hydrogen (secondary N) is 1. The average Bonchev–Trinajstić information content (AvgIpc) is 3.10. The van der Waals surface area contributed by atoms with Crippen LogP contribution in [-0.2, 0) is 36.7 Å². The second-order valence-electron chi connectivity index (χ2n) is 8.23. The van der Waals surface area contributed by atoms with Gasteiger partial charge < -0.3 is 14.8 Å². The molecule has 182 valence electrons. The van der Waals surface area contributed by atoms with Crippen LogP contribution in [-0.4, -0.2) is 55.6 Å². The lowest BCUT2D eigenvalue weighted by Crippen LogP contribution is -2.33. The molecule has 2 aromatic rings. The maximum absolute atomic E-state index is 12.4. The third kappa shape index (κ3) is 8.50. The Morgan fingerprint density at radius 3 is 2.42 bits per heavy atom. The normalized spacial score (nSPS) is 11.8. The van der Waals surface area contributed by atoms with E-state index in [4.69, 9.17) is 13.7 Å². The fraction of sp³-hybridized carbons (Fsp3) is 0.500. The lowest BCUT2D eigenvalue weighted by molar-refractivity contribution is 0.0511. The van der Waals surface area contributed by atoms with Gasteiger partial charge in [-0.1, -0.05) is 17.7 Å². The number of aryl methyl sites for hydroxylation is 1. The molecule has 0 fully saturated rings. The van der Waals surface area contributed by atoms with Crippen molar-refractivity contribution in [1.82, 2.24) is 15.1 Å². The van der Waals surface area contributed by atoms with Crippen LogP contribution in [0.5, 0.6) is 0 Å². The average molecular weight is 482 g/mol. The minimum Gasteiger partial charge on any atom is -0.461 e. The highest BCUT2D eigenvalue weighted by Gasteiger charge is 2.19. The lowest BCUT2D eigenvalue weighted by atomic mass is 10.2. The van der Waals surface area contributed by atoms with Gasteiger partial charge >= 0.3 is 12.1 Å². The van der Waals surface area contributed by atoms with E-state index in [0.717, 1.165) is 5.56 Å². The summed E-state index contributed by atoms with van der Waals surface area (Å²) in [6, 6.07) is 7.87. The second kappa shape index (κ2) is 11.3. The highest BCUT2D eigenvalue weighted by Crippen LogP contribution is 2.14. The maximum atomic E-state index is 12.4. The number of carbonyl (C=O) groups excluding carboxylic acids is 2. The summed E-state index contributed by atoms with van der Waals surface area (Å²) in [4.78, 5) is 24.0. The molecule has 33 heavy (non-hydrogen) atoms. The van der Waals surface area contributed by atoms with Gasteiger partial charge in [0, 0.05) is 18.7 Å². The van der Waals surface area contributed by atoms with E-state index in [1.165, 1.54) is 16.8 Å². The zero-order valence-corrected chi connectivity index (χ0v) is 20.4. The van der Waals surface area contributed by atoms with Crippen LogP contribution in [0.25, 0.3) is 0 Å². The second-order valence-corrected chi connectivity index (χ2v) is 9.85. The number of amides is 1. The number of nitrogens with zero attached hydrogens (tertiary/aromatic N) is 2. The quantitative estimate of drug-likeness (QED) is 0.406. The molecule has 0 spiro atoms. The summed E-state index contributed by atoms with van der Waals surface area (Å²) in [5.74, 6) is -0.592. The summed E-state index contributed by atoms with van der Waals surface area (Å²) in [7, 11) is -3.93. The molecule has 0 saturated carbocycles. The molecule has 1 N–H and O–H groups in total. The number of carbonyl (C=O) groups is 2. The van der Waals surface area contributed by atoms with E-state index in [-0.39, 0.29) is 36.9 Å². The van der Waals surface area contributed by atoms with Crippen LogP contribution in [0.15, 0.2) is 35.2 Å². The first kappa shape index (κ1) is 26.3. The maximum Gasteiger partial charge on any atom is 0.407 e. The largest absolute Gasteiger partial charge is 0.461 e. The van der Waals surface area contributed by atoms with Crippen LogP contribution in [0.2, 0.25) is 0 Å². The van der Waals surface area contributed by atoms with Crippen molar-refractivity contribution < 1.29 is 31.7 Å². The molecule has 1 aromatic heterocycles. The Balaban J connectivity index is 2.05. The molecule has 0 atom stereocenters. The number of ether oxygens (including phenoxy) is 2. The molecule has 1 amide bonds. The van der Waals surface area contributed by atoms with E-state index in [9.17, 15) is 18.0 Å². The molecule has 11 heteroatoms. The number of alkyl carbamates (subject to hydrolysis) is 1. The SMILES string of the molecule is CCOC(=O)c1cc(CCNC(=O)OC(C)(C)C)n(CCOS(=O)(=O)c2ccc(C)cc2)n1. The topological polar surface area (TPSA) is 126 Å². The molecular formula is C22H31N3O7S. The van der Waals surface area contributed by atoms with E-state index in [2.05, 4.69) is 10.4 Å². The monoisotopic (exact) mass is 481 g/mol. The number of esters is 1. The van der Waals surface area contributed by atoms with Crippen molar-refractivity contribution in [3.63, 3.8) is 0 Å². The Hall–Kier alpha value is -2.92. The van der Waals surface area contributed by atoms with Gasteiger partial charge in [0.15, 0.2) is 5.69 Å². The van der Waals surface area contributed by atoms with Crippen molar-refractivity contribution >= 4 is 22.2 Å². The summed E-state index contributed by atoms with van der Waals surface area (Å²) in [5.41, 5.74) is 1.00. The fourth-order valence-electron chi connectivity index (χ4n) is 2.77. The molecule has 0 bridgehead atoms. The van der Waals surface area contributed by atoms with Gasteiger partial charge in [0.05, 0.1) is 24.7 Å². The minimum atomic E-state index is -3.93. The van der Waals surface area contributed by atoms with E-state index < -0.39 is 27.8 Å². The molecule has 0 aliphatic rings.